The molecule has 2 atom stereocenters. The molecule has 0 spiro atoms. The minimum Gasteiger partial charge on any atom is -0.450 e. The standard InChI is InChI=1S/C37H56N6O7/c1-5-7-25-49-36(47)40-30(32(29(44)20-6-2)50-26-28-21-16-15-17-22-28)34(45)38-23-18-13-11-9-8-10-12-14-19-24-43-35(46)31-33(39-27-41(31)3)42(4)37(43)48/h15-17,21-22,27,30,32H,5-14,18-20,23-26H2,1-4H3,(H,38,45)(H,40,47)/t30-,32?/m0/s1. The highest BCUT2D eigenvalue weighted by molar-refractivity contribution is 5.94. The first-order valence-electron chi connectivity index (χ1n) is 18.2. The van der Waals surface area contributed by atoms with Gasteiger partial charge in [0.05, 0.1) is 19.5 Å². The van der Waals surface area contributed by atoms with Crippen LogP contribution in [-0.4, -0.2) is 61.8 Å². The van der Waals surface area contributed by atoms with Crippen LogP contribution in [0.4, 0.5) is 4.79 Å². The molecule has 1 aromatic carbocycles. The molecule has 0 radical (unpaired) electrons. The van der Waals surface area contributed by atoms with Crippen molar-refractivity contribution in [1.29, 1.82) is 0 Å². The Morgan fingerprint density at radius 3 is 2.18 bits per heavy atom. The number of ether oxygens (including phenoxy) is 2. The van der Waals surface area contributed by atoms with E-state index < -0.39 is 24.1 Å². The van der Waals surface area contributed by atoms with E-state index in [-0.39, 0.29) is 36.7 Å². The van der Waals surface area contributed by atoms with Gasteiger partial charge in [0.25, 0.3) is 5.56 Å². The van der Waals surface area contributed by atoms with Crippen molar-refractivity contribution in [2.24, 2.45) is 14.1 Å². The minimum absolute atomic E-state index is 0.125. The summed E-state index contributed by atoms with van der Waals surface area (Å²) >= 11 is 0. The SMILES string of the molecule is CCCCOC(=O)N[C@H](C(=O)NCCCCCCCCCCCn1c(=O)c2c(ncn2C)n(C)c1=O)C(OCc1ccccc1)C(=O)CCC. The number of nitrogens with zero attached hydrogens (tertiary/aromatic N) is 4. The first-order valence-corrected chi connectivity index (χ1v) is 18.2. The third kappa shape index (κ3) is 12.3. The molecule has 13 nitrogen and oxygen atoms in total. The highest BCUT2D eigenvalue weighted by atomic mass is 16.5. The number of hydrogen-bond donors (Lipinski definition) is 2. The number of Topliss-reactive ketones (excluding diaryl/α,β-unsaturated/α-hetero) is 1. The highest BCUT2D eigenvalue weighted by Crippen LogP contribution is 2.13. The Morgan fingerprint density at radius 1 is 0.860 bits per heavy atom. The molecule has 0 fully saturated rings. The van der Waals surface area contributed by atoms with E-state index in [1.807, 2.05) is 44.2 Å². The number of carbonyl (C=O) groups excluding carboxylic acids is 3. The molecule has 2 N–H and O–H groups in total. The van der Waals surface area contributed by atoms with Crippen molar-refractivity contribution >= 4 is 28.9 Å². The van der Waals surface area contributed by atoms with Gasteiger partial charge in [-0.1, -0.05) is 95.5 Å². The second-order valence-corrected chi connectivity index (χ2v) is 12.8. The van der Waals surface area contributed by atoms with Crippen LogP contribution < -0.4 is 21.9 Å². The Morgan fingerprint density at radius 2 is 1.52 bits per heavy atom. The first kappa shape index (κ1) is 40.2. The minimum atomic E-state index is -1.22. The van der Waals surface area contributed by atoms with Gasteiger partial charge >= 0.3 is 11.8 Å². The molecule has 2 heterocycles. The van der Waals surface area contributed by atoms with Gasteiger partial charge in [-0.15, -0.1) is 0 Å². The Hall–Kier alpha value is -4.26. The molecular weight excluding hydrogens is 640 g/mol. The third-order valence-corrected chi connectivity index (χ3v) is 8.73. The lowest BCUT2D eigenvalue weighted by atomic mass is 10.0. The van der Waals surface area contributed by atoms with E-state index in [2.05, 4.69) is 15.6 Å². The van der Waals surface area contributed by atoms with Gasteiger partial charge in [-0.3, -0.25) is 23.5 Å². The van der Waals surface area contributed by atoms with Gasteiger partial charge in [0.15, 0.2) is 16.9 Å². The second kappa shape index (κ2) is 21.7. The Balaban J connectivity index is 1.39. The van der Waals surface area contributed by atoms with Crippen molar-refractivity contribution in [3.8, 4) is 0 Å². The van der Waals surface area contributed by atoms with Gasteiger partial charge in [0, 0.05) is 33.6 Å². The molecule has 50 heavy (non-hydrogen) atoms. The molecule has 2 amide bonds. The predicted molar refractivity (Wildman–Crippen MR) is 193 cm³/mol. The number of benzene rings is 1. The highest BCUT2D eigenvalue weighted by Gasteiger charge is 2.36. The fourth-order valence-electron chi connectivity index (χ4n) is 5.83. The number of aryl methyl sites for hydroxylation is 2. The number of rotatable bonds is 24. The number of carbonyl (C=O) groups is 3. The van der Waals surface area contributed by atoms with Gasteiger partial charge < -0.3 is 24.7 Å². The molecule has 0 aliphatic carbocycles. The van der Waals surface area contributed by atoms with Gasteiger partial charge in [0.2, 0.25) is 5.91 Å². The molecule has 3 rings (SSSR count). The summed E-state index contributed by atoms with van der Waals surface area (Å²) in [7, 11) is 3.39. The largest absolute Gasteiger partial charge is 0.450 e. The van der Waals surface area contributed by atoms with Gasteiger partial charge in [-0.2, -0.15) is 0 Å². The quantitative estimate of drug-likeness (QED) is 0.125. The van der Waals surface area contributed by atoms with Crippen LogP contribution >= 0.6 is 0 Å². The molecule has 0 saturated carbocycles. The number of hydrogen-bond acceptors (Lipinski definition) is 8. The van der Waals surface area contributed by atoms with Crippen molar-refractivity contribution < 1.29 is 23.9 Å². The predicted octanol–water partition coefficient (Wildman–Crippen LogP) is 4.91. The number of fused-ring (bicyclic) bond motifs is 1. The second-order valence-electron chi connectivity index (χ2n) is 12.8. The summed E-state index contributed by atoms with van der Waals surface area (Å²) in [5.74, 6) is -0.720. The summed E-state index contributed by atoms with van der Waals surface area (Å²) in [4.78, 5) is 68.8. The monoisotopic (exact) mass is 696 g/mol. The molecule has 0 bridgehead atoms. The summed E-state index contributed by atoms with van der Waals surface area (Å²) in [5.41, 5.74) is 1.06. The number of imidazole rings is 1. The summed E-state index contributed by atoms with van der Waals surface area (Å²) in [6.07, 6.45) is 10.7. The topological polar surface area (TPSA) is 156 Å². The Bertz CT molecular complexity index is 1610. The van der Waals surface area contributed by atoms with Crippen LogP contribution in [0.2, 0.25) is 0 Å². The first-order chi connectivity index (χ1) is 24.2. The lowest BCUT2D eigenvalue weighted by Crippen LogP contribution is -2.56. The van der Waals surface area contributed by atoms with Crippen LogP contribution in [0.5, 0.6) is 0 Å². The van der Waals surface area contributed by atoms with Crippen molar-refractivity contribution in [1.82, 2.24) is 29.3 Å². The van der Waals surface area contributed by atoms with E-state index in [0.717, 1.165) is 69.8 Å². The van der Waals surface area contributed by atoms with Crippen LogP contribution in [-0.2, 0) is 46.3 Å². The molecule has 1 unspecified atom stereocenters. The number of amides is 2. The van der Waals surface area contributed by atoms with Crippen molar-refractivity contribution in [3.05, 3.63) is 63.1 Å². The van der Waals surface area contributed by atoms with E-state index >= 15 is 0 Å². The molecule has 3 aromatic rings. The zero-order valence-corrected chi connectivity index (χ0v) is 30.3. The maximum atomic E-state index is 13.4. The van der Waals surface area contributed by atoms with Crippen molar-refractivity contribution in [3.63, 3.8) is 0 Å². The molecule has 0 saturated heterocycles. The van der Waals surface area contributed by atoms with Crippen molar-refractivity contribution in [2.45, 2.75) is 123 Å². The molecular formula is C37H56N6O7. The van der Waals surface area contributed by atoms with E-state index in [9.17, 15) is 24.0 Å². The third-order valence-electron chi connectivity index (χ3n) is 8.73. The lowest BCUT2D eigenvalue weighted by molar-refractivity contribution is -0.140. The normalized spacial score (nSPS) is 12.5. The van der Waals surface area contributed by atoms with Crippen LogP contribution in [0.1, 0.15) is 103 Å². The van der Waals surface area contributed by atoms with E-state index in [4.69, 9.17) is 9.47 Å². The molecule has 0 aliphatic rings. The molecule has 276 valence electrons. The number of ketones is 1. The number of alkyl carbamates (subject to hydrolysis) is 1. The van der Waals surface area contributed by atoms with Crippen LogP contribution in [0.15, 0.2) is 46.2 Å². The summed E-state index contributed by atoms with van der Waals surface area (Å²) < 4.78 is 15.6. The summed E-state index contributed by atoms with van der Waals surface area (Å²) in [6, 6.07) is 8.17. The average molecular weight is 697 g/mol. The fourth-order valence-corrected chi connectivity index (χ4v) is 5.83. The van der Waals surface area contributed by atoms with Gasteiger partial charge in [-0.25, -0.2) is 14.6 Å². The van der Waals surface area contributed by atoms with E-state index in [0.29, 0.717) is 37.1 Å². The summed E-state index contributed by atoms with van der Waals surface area (Å²) in [5, 5.41) is 5.51. The molecule has 2 aromatic heterocycles. The average Bonchev–Trinajstić information content (AvgIpc) is 3.50. The molecule has 13 heteroatoms. The Kier molecular flexibility index (Phi) is 17.5. The number of unbranched alkanes of at least 4 members (excludes halogenated alkanes) is 9. The number of aromatic nitrogens is 4. The van der Waals surface area contributed by atoms with Crippen LogP contribution in [0.3, 0.4) is 0 Å². The fraction of sp³-hybridized carbons (Fsp3) is 0.622. The zero-order valence-electron chi connectivity index (χ0n) is 30.3. The summed E-state index contributed by atoms with van der Waals surface area (Å²) in [6.45, 7) is 5.02. The van der Waals surface area contributed by atoms with E-state index in [1.54, 1.807) is 25.0 Å². The maximum absolute atomic E-state index is 13.4. The Labute approximate surface area is 294 Å². The number of nitrogens with one attached hydrogen (secondary N) is 2. The maximum Gasteiger partial charge on any atom is 0.407 e. The van der Waals surface area contributed by atoms with Crippen LogP contribution in [0, 0.1) is 0 Å². The van der Waals surface area contributed by atoms with E-state index in [1.165, 1.54) is 9.13 Å². The van der Waals surface area contributed by atoms with Gasteiger partial charge in [0.1, 0.15) is 12.1 Å². The molecule has 0 aliphatic heterocycles. The van der Waals surface area contributed by atoms with Crippen molar-refractivity contribution in [2.75, 3.05) is 13.2 Å². The lowest BCUT2D eigenvalue weighted by Gasteiger charge is -2.26. The van der Waals surface area contributed by atoms with Gasteiger partial charge in [-0.05, 0) is 31.2 Å². The van der Waals surface area contributed by atoms with Crippen LogP contribution in [0.25, 0.3) is 11.2 Å². The zero-order chi connectivity index (χ0) is 36.3. The smallest absolute Gasteiger partial charge is 0.407 e.